The van der Waals surface area contributed by atoms with Gasteiger partial charge in [-0.15, -0.1) is 0 Å². The van der Waals surface area contributed by atoms with Gasteiger partial charge in [-0.25, -0.2) is 13.1 Å². The molecule has 7 nitrogen and oxygen atoms in total. The molecule has 3 rings (SSSR count). The molecule has 0 atom stereocenters. The van der Waals surface area contributed by atoms with Crippen LogP contribution in [0.4, 0.5) is 0 Å². The molecule has 144 valence electrons. The number of nitrogens with zero attached hydrogens (tertiary/aromatic N) is 1. The highest BCUT2D eigenvalue weighted by molar-refractivity contribution is 7.89. The number of hydrogen-bond donors (Lipinski definition) is 2. The van der Waals surface area contributed by atoms with Crippen LogP contribution in [0.15, 0.2) is 47.6 Å². The number of carbonyl (C=O) groups excluding carboxylic acids is 1. The van der Waals surface area contributed by atoms with Gasteiger partial charge in [-0.05, 0) is 42.7 Å². The van der Waals surface area contributed by atoms with Gasteiger partial charge in [0.15, 0.2) is 0 Å². The van der Waals surface area contributed by atoms with Crippen LogP contribution in [0, 0.1) is 0 Å². The average Bonchev–Trinajstić information content (AvgIpc) is 3.19. The first-order valence-corrected chi connectivity index (χ1v) is 10.4. The standard InChI is InChI=1S/C19H23N3O4S/c1-26-18-9-8-16(11-17(18)19(23)22-15-6-2-3-7-15)27(24,25)21-13-14-5-4-10-20-12-14/h4-5,8-12,15,21H,2-3,6-7,13H2,1H3,(H,22,23). The Hall–Kier alpha value is -2.45. The van der Waals surface area contributed by atoms with Crippen molar-refractivity contribution in [2.45, 2.75) is 43.2 Å². The van der Waals surface area contributed by atoms with Gasteiger partial charge in [-0.1, -0.05) is 18.9 Å². The minimum absolute atomic E-state index is 0.0174. The lowest BCUT2D eigenvalue weighted by atomic mass is 10.1. The predicted molar refractivity (Wildman–Crippen MR) is 101 cm³/mol. The van der Waals surface area contributed by atoms with Crippen LogP contribution in [0.1, 0.15) is 41.6 Å². The fourth-order valence-corrected chi connectivity index (χ4v) is 4.17. The lowest BCUT2D eigenvalue weighted by Gasteiger charge is -2.15. The van der Waals surface area contributed by atoms with Crippen molar-refractivity contribution in [2.24, 2.45) is 0 Å². The smallest absolute Gasteiger partial charge is 0.255 e. The van der Waals surface area contributed by atoms with E-state index < -0.39 is 10.0 Å². The van der Waals surface area contributed by atoms with Crippen molar-refractivity contribution in [3.8, 4) is 5.75 Å². The van der Waals surface area contributed by atoms with Gasteiger partial charge in [0.05, 0.1) is 17.6 Å². The molecule has 1 fully saturated rings. The predicted octanol–water partition coefficient (Wildman–Crippen LogP) is 2.24. The molecule has 0 bridgehead atoms. The van der Waals surface area contributed by atoms with Crippen molar-refractivity contribution in [3.63, 3.8) is 0 Å². The summed E-state index contributed by atoms with van der Waals surface area (Å²) in [7, 11) is -2.33. The minimum atomic E-state index is -3.78. The molecule has 1 amide bonds. The van der Waals surface area contributed by atoms with Gasteiger partial charge in [0.25, 0.3) is 5.91 Å². The van der Waals surface area contributed by atoms with E-state index in [-0.39, 0.29) is 29.0 Å². The molecule has 1 aliphatic carbocycles. The number of carbonyl (C=O) groups is 1. The van der Waals surface area contributed by atoms with Gasteiger partial charge in [-0.3, -0.25) is 9.78 Å². The van der Waals surface area contributed by atoms with Crippen LogP contribution in [0.25, 0.3) is 0 Å². The van der Waals surface area contributed by atoms with Gasteiger partial charge in [0.2, 0.25) is 10.0 Å². The molecule has 0 spiro atoms. The molecule has 1 aromatic carbocycles. The Bertz CT molecular complexity index is 894. The molecule has 0 radical (unpaired) electrons. The van der Waals surface area contributed by atoms with Crippen molar-refractivity contribution in [1.29, 1.82) is 0 Å². The highest BCUT2D eigenvalue weighted by atomic mass is 32.2. The van der Waals surface area contributed by atoms with Gasteiger partial charge < -0.3 is 10.1 Å². The average molecular weight is 389 g/mol. The van der Waals surface area contributed by atoms with E-state index in [9.17, 15) is 13.2 Å². The lowest BCUT2D eigenvalue weighted by molar-refractivity contribution is 0.0934. The summed E-state index contributed by atoms with van der Waals surface area (Å²) in [6, 6.07) is 7.94. The monoisotopic (exact) mass is 389 g/mol. The molecule has 1 aliphatic rings. The fraction of sp³-hybridized carbons (Fsp3) is 0.368. The number of nitrogens with one attached hydrogen (secondary N) is 2. The Morgan fingerprint density at radius 1 is 1.26 bits per heavy atom. The Kier molecular flexibility index (Phi) is 6.08. The quantitative estimate of drug-likeness (QED) is 0.757. The van der Waals surface area contributed by atoms with Crippen LogP contribution in [0.5, 0.6) is 5.75 Å². The number of ether oxygens (including phenoxy) is 1. The number of rotatable bonds is 7. The van der Waals surface area contributed by atoms with Crippen LogP contribution >= 0.6 is 0 Å². The molecule has 27 heavy (non-hydrogen) atoms. The summed E-state index contributed by atoms with van der Waals surface area (Å²) in [5.41, 5.74) is 0.961. The third kappa shape index (κ3) is 4.84. The summed E-state index contributed by atoms with van der Waals surface area (Å²) in [4.78, 5) is 16.6. The van der Waals surface area contributed by atoms with Crippen LogP contribution in [-0.2, 0) is 16.6 Å². The summed E-state index contributed by atoms with van der Waals surface area (Å²) in [5, 5.41) is 2.96. The van der Waals surface area contributed by atoms with Crippen molar-refractivity contribution in [3.05, 3.63) is 53.9 Å². The maximum absolute atomic E-state index is 12.6. The molecule has 0 unspecified atom stereocenters. The van der Waals surface area contributed by atoms with E-state index in [2.05, 4.69) is 15.0 Å². The first kappa shape index (κ1) is 19.3. The molecule has 0 saturated heterocycles. The Balaban J connectivity index is 1.79. The van der Waals surface area contributed by atoms with Gasteiger partial charge in [-0.2, -0.15) is 0 Å². The normalized spacial score (nSPS) is 14.9. The zero-order chi connectivity index (χ0) is 19.3. The van der Waals surface area contributed by atoms with E-state index in [1.165, 1.54) is 25.3 Å². The Morgan fingerprint density at radius 2 is 2.04 bits per heavy atom. The molecular formula is C19H23N3O4S. The topological polar surface area (TPSA) is 97.4 Å². The maximum atomic E-state index is 12.6. The number of aromatic nitrogens is 1. The van der Waals surface area contributed by atoms with Crippen molar-refractivity contribution in [2.75, 3.05) is 7.11 Å². The molecule has 2 N–H and O–H groups in total. The molecule has 1 heterocycles. The second-order valence-electron chi connectivity index (χ2n) is 6.50. The maximum Gasteiger partial charge on any atom is 0.255 e. The van der Waals surface area contributed by atoms with Crippen molar-refractivity contribution < 1.29 is 17.9 Å². The fourth-order valence-electron chi connectivity index (χ4n) is 3.13. The molecule has 2 aromatic rings. The van der Waals surface area contributed by atoms with Crippen LogP contribution < -0.4 is 14.8 Å². The number of pyridine rings is 1. The number of hydrogen-bond acceptors (Lipinski definition) is 5. The van der Waals surface area contributed by atoms with Crippen LogP contribution in [0.2, 0.25) is 0 Å². The Morgan fingerprint density at radius 3 is 2.70 bits per heavy atom. The van der Waals surface area contributed by atoms with Gasteiger partial charge in [0.1, 0.15) is 5.75 Å². The summed E-state index contributed by atoms with van der Waals surface area (Å²) in [6.07, 6.45) is 7.29. The second-order valence-corrected chi connectivity index (χ2v) is 8.27. The minimum Gasteiger partial charge on any atom is -0.496 e. The SMILES string of the molecule is COc1ccc(S(=O)(=O)NCc2cccnc2)cc1C(=O)NC1CCCC1. The van der Waals surface area contributed by atoms with E-state index in [1.54, 1.807) is 24.5 Å². The number of methoxy groups -OCH3 is 1. The molecule has 8 heteroatoms. The number of amides is 1. The van der Waals surface area contributed by atoms with E-state index in [1.807, 2.05) is 0 Å². The second kappa shape index (κ2) is 8.49. The van der Waals surface area contributed by atoms with E-state index in [0.29, 0.717) is 5.75 Å². The van der Waals surface area contributed by atoms with Crippen LogP contribution in [0.3, 0.4) is 0 Å². The Labute approximate surface area is 159 Å². The van der Waals surface area contributed by atoms with Crippen molar-refractivity contribution >= 4 is 15.9 Å². The van der Waals surface area contributed by atoms with E-state index >= 15 is 0 Å². The third-order valence-corrected chi connectivity index (χ3v) is 6.00. The first-order valence-electron chi connectivity index (χ1n) is 8.87. The summed E-state index contributed by atoms with van der Waals surface area (Å²) < 4.78 is 33.0. The zero-order valence-corrected chi connectivity index (χ0v) is 16.0. The number of benzene rings is 1. The summed E-state index contributed by atoms with van der Waals surface area (Å²) in [5.74, 6) is 0.0276. The first-order chi connectivity index (χ1) is 13.0. The summed E-state index contributed by atoms with van der Waals surface area (Å²) >= 11 is 0. The van der Waals surface area contributed by atoms with Gasteiger partial charge in [0, 0.05) is 25.0 Å². The third-order valence-electron chi connectivity index (χ3n) is 4.61. The molecular weight excluding hydrogens is 366 g/mol. The molecule has 1 saturated carbocycles. The highest BCUT2D eigenvalue weighted by Crippen LogP contribution is 2.24. The van der Waals surface area contributed by atoms with Gasteiger partial charge >= 0.3 is 0 Å². The lowest BCUT2D eigenvalue weighted by Crippen LogP contribution is -2.33. The highest BCUT2D eigenvalue weighted by Gasteiger charge is 2.23. The zero-order valence-electron chi connectivity index (χ0n) is 15.1. The molecule has 1 aromatic heterocycles. The van der Waals surface area contributed by atoms with E-state index in [4.69, 9.17) is 4.74 Å². The molecule has 0 aliphatic heterocycles. The van der Waals surface area contributed by atoms with E-state index in [0.717, 1.165) is 31.2 Å². The number of sulfonamides is 1. The summed E-state index contributed by atoms with van der Waals surface area (Å²) in [6.45, 7) is 0.117. The largest absolute Gasteiger partial charge is 0.496 e. The van der Waals surface area contributed by atoms with Crippen molar-refractivity contribution in [1.82, 2.24) is 15.0 Å². The van der Waals surface area contributed by atoms with Crippen LogP contribution in [-0.4, -0.2) is 32.5 Å².